The van der Waals surface area contributed by atoms with Crippen LogP contribution >= 0.6 is 15.9 Å². The molecule has 1 aromatic heterocycles. The molecule has 19 heavy (non-hydrogen) atoms. The maximum atomic E-state index is 4.59. The third kappa shape index (κ3) is 3.60. The van der Waals surface area contributed by atoms with Crippen LogP contribution < -0.4 is 0 Å². The molecular weight excluding hydrogens is 302 g/mol. The van der Waals surface area contributed by atoms with Crippen molar-refractivity contribution >= 4 is 15.9 Å². The van der Waals surface area contributed by atoms with Crippen molar-refractivity contribution in [3.63, 3.8) is 0 Å². The second-order valence-electron chi connectivity index (χ2n) is 5.75. The number of aromatic nitrogens is 2. The van der Waals surface area contributed by atoms with E-state index in [2.05, 4.69) is 46.9 Å². The van der Waals surface area contributed by atoms with Crippen LogP contribution in [0.1, 0.15) is 56.8 Å². The van der Waals surface area contributed by atoms with Crippen LogP contribution in [-0.2, 0) is 20.0 Å². The highest BCUT2D eigenvalue weighted by atomic mass is 79.9. The van der Waals surface area contributed by atoms with Gasteiger partial charge in [-0.2, -0.15) is 5.10 Å². The predicted octanol–water partition coefficient (Wildman–Crippen LogP) is 3.90. The second kappa shape index (κ2) is 6.89. The van der Waals surface area contributed by atoms with E-state index in [1.165, 1.54) is 54.4 Å². The lowest BCUT2D eigenvalue weighted by molar-refractivity contribution is 0.208. The summed E-state index contributed by atoms with van der Waals surface area (Å²) in [6, 6.07) is 0.745. The number of aryl methyl sites for hydroxylation is 2. The average molecular weight is 328 g/mol. The van der Waals surface area contributed by atoms with Crippen molar-refractivity contribution in [1.29, 1.82) is 0 Å². The largest absolute Gasteiger partial charge is 0.298 e. The maximum absolute atomic E-state index is 4.59. The summed E-state index contributed by atoms with van der Waals surface area (Å²) in [6.45, 7) is 3.15. The SMILES string of the molecule is CCc1nn(C)c(CN(C)C2CCCCCC2)c1Br. The first kappa shape index (κ1) is 15.0. The zero-order valence-corrected chi connectivity index (χ0v) is 14.0. The van der Waals surface area contributed by atoms with Crippen molar-refractivity contribution < 1.29 is 0 Å². The lowest BCUT2D eigenvalue weighted by Gasteiger charge is -2.27. The molecule has 0 bridgehead atoms. The highest BCUT2D eigenvalue weighted by Crippen LogP contribution is 2.26. The molecule has 1 aliphatic rings. The fourth-order valence-electron chi connectivity index (χ4n) is 3.06. The van der Waals surface area contributed by atoms with Crippen molar-refractivity contribution in [2.24, 2.45) is 7.05 Å². The Bertz CT molecular complexity index is 406. The number of halogens is 1. The predicted molar refractivity (Wildman–Crippen MR) is 83.2 cm³/mol. The average Bonchev–Trinajstić information content (AvgIpc) is 2.64. The van der Waals surface area contributed by atoms with Gasteiger partial charge >= 0.3 is 0 Å². The van der Waals surface area contributed by atoms with Crippen LogP contribution in [-0.4, -0.2) is 27.8 Å². The highest BCUT2D eigenvalue weighted by molar-refractivity contribution is 9.10. The number of hydrogen-bond donors (Lipinski definition) is 0. The Kier molecular flexibility index (Phi) is 5.46. The van der Waals surface area contributed by atoms with Crippen LogP contribution in [0.3, 0.4) is 0 Å². The minimum atomic E-state index is 0.745. The van der Waals surface area contributed by atoms with Gasteiger partial charge in [0.1, 0.15) is 0 Å². The monoisotopic (exact) mass is 327 g/mol. The van der Waals surface area contributed by atoms with E-state index in [0.717, 1.165) is 19.0 Å². The van der Waals surface area contributed by atoms with Gasteiger partial charge in [-0.05, 0) is 42.2 Å². The van der Waals surface area contributed by atoms with Crippen molar-refractivity contribution in [2.75, 3.05) is 7.05 Å². The molecule has 1 saturated carbocycles. The summed E-state index contributed by atoms with van der Waals surface area (Å²) in [5.41, 5.74) is 2.48. The number of hydrogen-bond acceptors (Lipinski definition) is 2. The minimum absolute atomic E-state index is 0.745. The van der Waals surface area contributed by atoms with Gasteiger partial charge in [-0.3, -0.25) is 9.58 Å². The van der Waals surface area contributed by atoms with E-state index in [1.807, 2.05) is 4.68 Å². The molecular formula is C15H26BrN3. The van der Waals surface area contributed by atoms with Gasteiger partial charge in [0.2, 0.25) is 0 Å². The molecule has 1 aromatic rings. The van der Waals surface area contributed by atoms with E-state index >= 15 is 0 Å². The summed E-state index contributed by atoms with van der Waals surface area (Å²) in [5.74, 6) is 0. The standard InChI is InChI=1S/C15H26BrN3/c1-4-13-15(16)14(19(3)17-13)11-18(2)12-9-7-5-6-8-10-12/h12H,4-11H2,1-3H3. The molecule has 0 radical (unpaired) electrons. The van der Waals surface area contributed by atoms with E-state index in [9.17, 15) is 0 Å². The van der Waals surface area contributed by atoms with Crippen LogP contribution in [0.5, 0.6) is 0 Å². The van der Waals surface area contributed by atoms with Gasteiger partial charge in [-0.25, -0.2) is 0 Å². The van der Waals surface area contributed by atoms with Crippen LogP contribution in [0.4, 0.5) is 0 Å². The van der Waals surface area contributed by atoms with E-state index in [0.29, 0.717) is 0 Å². The van der Waals surface area contributed by atoms with Crippen LogP contribution in [0.15, 0.2) is 4.47 Å². The molecule has 0 unspecified atom stereocenters. The molecule has 0 saturated heterocycles. The molecule has 1 heterocycles. The quantitative estimate of drug-likeness (QED) is 0.782. The van der Waals surface area contributed by atoms with Crippen molar-refractivity contribution in [2.45, 2.75) is 64.5 Å². The Morgan fingerprint density at radius 3 is 2.42 bits per heavy atom. The molecule has 0 amide bonds. The summed E-state index contributed by atoms with van der Waals surface area (Å²) in [5, 5.41) is 4.59. The van der Waals surface area contributed by atoms with Crippen molar-refractivity contribution in [1.82, 2.24) is 14.7 Å². The Morgan fingerprint density at radius 2 is 1.89 bits per heavy atom. The van der Waals surface area contributed by atoms with E-state index in [4.69, 9.17) is 0 Å². The second-order valence-corrected chi connectivity index (χ2v) is 6.54. The molecule has 0 N–H and O–H groups in total. The smallest absolute Gasteiger partial charge is 0.0767 e. The van der Waals surface area contributed by atoms with Crippen molar-refractivity contribution in [3.8, 4) is 0 Å². The van der Waals surface area contributed by atoms with Crippen LogP contribution in [0.2, 0.25) is 0 Å². The minimum Gasteiger partial charge on any atom is -0.298 e. The summed E-state index contributed by atoms with van der Waals surface area (Å²) < 4.78 is 3.24. The Balaban J connectivity index is 2.05. The molecule has 0 aliphatic heterocycles. The highest BCUT2D eigenvalue weighted by Gasteiger charge is 2.20. The third-order valence-electron chi connectivity index (χ3n) is 4.35. The zero-order chi connectivity index (χ0) is 13.8. The molecule has 0 atom stereocenters. The van der Waals surface area contributed by atoms with Crippen LogP contribution in [0, 0.1) is 0 Å². The maximum Gasteiger partial charge on any atom is 0.0767 e. The van der Waals surface area contributed by atoms with Gasteiger partial charge in [0.25, 0.3) is 0 Å². The Labute approximate surface area is 125 Å². The molecule has 4 heteroatoms. The van der Waals surface area contributed by atoms with Crippen LogP contribution in [0.25, 0.3) is 0 Å². The lowest BCUT2D eigenvalue weighted by Crippen LogP contribution is -2.31. The summed E-state index contributed by atoms with van der Waals surface area (Å²) in [4.78, 5) is 2.52. The Morgan fingerprint density at radius 1 is 1.26 bits per heavy atom. The van der Waals surface area contributed by atoms with Crippen molar-refractivity contribution in [3.05, 3.63) is 15.9 Å². The van der Waals surface area contributed by atoms with Gasteiger partial charge in [0.05, 0.1) is 15.9 Å². The normalized spacial score (nSPS) is 17.9. The van der Waals surface area contributed by atoms with Gasteiger partial charge < -0.3 is 0 Å². The molecule has 3 nitrogen and oxygen atoms in total. The van der Waals surface area contributed by atoms with E-state index < -0.39 is 0 Å². The topological polar surface area (TPSA) is 21.1 Å². The van der Waals surface area contributed by atoms with Gasteiger partial charge in [-0.15, -0.1) is 0 Å². The molecule has 1 aliphatic carbocycles. The lowest BCUT2D eigenvalue weighted by atomic mass is 10.1. The summed E-state index contributed by atoms with van der Waals surface area (Å²) in [6.07, 6.45) is 9.31. The molecule has 108 valence electrons. The Hall–Kier alpha value is -0.350. The summed E-state index contributed by atoms with van der Waals surface area (Å²) in [7, 11) is 4.32. The molecule has 2 rings (SSSR count). The molecule has 0 aromatic carbocycles. The number of nitrogens with zero attached hydrogens (tertiary/aromatic N) is 3. The van der Waals surface area contributed by atoms with Gasteiger partial charge in [0.15, 0.2) is 0 Å². The van der Waals surface area contributed by atoms with Gasteiger partial charge in [-0.1, -0.05) is 32.6 Å². The first-order valence-corrected chi connectivity index (χ1v) is 8.33. The van der Waals surface area contributed by atoms with Gasteiger partial charge in [0, 0.05) is 19.6 Å². The molecule has 0 spiro atoms. The fraction of sp³-hybridized carbons (Fsp3) is 0.800. The first-order valence-electron chi connectivity index (χ1n) is 7.54. The van der Waals surface area contributed by atoms with E-state index in [-0.39, 0.29) is 0 Å². The zero-order valence-electron chi connectivity index (χ0n) is 12.5. The van der Waals surface area contributed by atoms with E-state index in [1.54, 1.807) is 0 Å². The first-order chi connectivity index (χ1) is 9.13. The number of rotatable bonds is 4. The fourth-order valence-corrected chi connectivity index (χ4v) is 3.80. The third-order valence-corrected chi connectivity index (χ3v) is 5.27. The summed E-state index contributed by atoms with van der Waals surface area (Å²) >= 11 is 3.72. The molecule has 1 fully saturated rings.